The summed E-state index contributed by atoms with van der Waals surface area (Å²) in [4.78, 5) is 0. The van der Waals surface area contributed by atoms with Crippen LogP contribution in [-0.2, 0) is 0 Å². The first kappa shape index (κ1) is 11.3. The van der Waals surface area contributed by atoms with Crippen LogP contribution < -0.4 is 5.73 Å². The number of halogens is 1. The fraction of sp³-hybridized carbons (Fsp3) is 0.333. The molecule has 0 spiro atoms. The second-order valence-electron chi connectivity index (χ2n) is 3.30. The first-order chi connectivity index (χ1) is 6.69. The van der Waals surface area contributed by atoms with Crippen molar-refractivity contribution < 1.29 is 0 Å². The van der Waals surface area contributed by atoms with Gasteiger partial charge in [-0.25, -0.2) is 0 Å². The number of nitrogen functional groups attached to an aromatic ring is 1. The third-order valence-electron chi connectivity index (χ3n) is 2.23. The average molecular weight is 254 g/mol. The molecule has 0 radical (unpaired) electrons. The first-order valence-corrected chi connectivity index (χ1v) is 5.69. The Morgan fingerprint density at radius 1 is 1.50 bits per heavy atom. The van der Waals surface area contributed by atoms with E-state index >= 15 is 0 Å². The third-order valence-corrected chi connectivity index (χ3v) is 2.72. The zero-order valence-electron chi connectivity index (χ0n) is 8.68. The molecule has 0 bridgehead atoms. The zero-order chi connectivity index (χ0) is 10.6. The van der Waals surface area contributed by atoms with Crippen LogP contribution in [-0.4, -0.2) is 0 Å². The lowest BCUT2D eigenvalue weighted by Crippen LogP contribution is -1.93. The van der Waals surface area contributed by atoms with Gasteiger partial charge < -0.3 is 5.73 Å². The zero-order valence-corrected chi connectivity index (χ0v) is 10.3. The molecule has 0 saturated carbocycles. The van der Waals surface area contributed by atoms with Gasteiger partial charge >= 0.3 is 0 Å². The lowest BCUT2D eigenvalue weighted by Gasteiger charge is -2.09. The Labute approximate surface area is 94.1 Å². The van der Waals surface area contributed by atoms with Crippen LogP contribution in [0.4, 0.5) is 5.69 Å². The van der Waals surface area contributed by atoms with Gasteiger partial charge in [-0.3, -0.25) is 0 Å². The molecule has 1 nitrogen and oxygen atoms in total. The van der Waals surface area contributed by atoms with E-state index in [-0.39, 0.29) is 0 Å². The van der Waals surface area contributed by atoms with E-state index in [1.54, 1.807) is 0 Å². The molecule has 0 saturated heterocycles. The smallest absolute Gasteiger partial charge is 0.0391 e. The Hall–Kier alpha value is -0.760. The predicted molar refractivity (Wildman–Crippen MR) is 67.1 cm³/mol. The summed E-state index contributed by atoms with van der Waals surface area (Å²) in [7, 11) is 0. The van der Waals surface area contributed by atoms with Crippen molar-refractivity contribution in [2.24, 2.45) is 0 Å². The summed E-state index contributed by atoms with van der Waals surface area (Å²) in [6.07, 6.45) is 4.37. The van der Waals surface area contributed by atoms with Crippen molar-refractivity contribution in [3.8, 4) is 0 Å². The molecule has 2 N–H and O–H groups in total. The molecule has 0 fully saturated rings. The first-order valence-electron chi connectivity index (χ1n) is 4.89. The average Bonchev–Trinajstić information content (AvgIpc) is 2.18. The van der Waals surface area contributed by atoms with Gasteiger partial charge in [-0.15, -0.1) is 0 Å². The van der Waals surface area contributed by atoms with E-state index in [2.05, 4.69) is 41.9 Å². The second kappa shape index (κ2) is 5.20. The molecule has 0 amide bonds. The number of anilines is 1. The van der Waals surface area contributed by atoms with E-state index in [4.69, 9.17) is 5.73 Å². The highest BCUT2D eigenvalue weighted by molar-refractivity contribution is 9.10. The number of allylic oxidation sites excluding steroid dienone is 2. The van der Waals surface area contributed by atoms with E-state index in [1.165, 1.54) is 5.57 Å². The minimum absolute atomic E-state index is 0.856. The van der Waals surface area contributed by atoms with E-state index in [0.29, 0.717) is 0 Å². The topological polar surface area (TPSA) is 26.0 Å². The summed E-state index contributed by atoms with van der Waals surface area (Å²) >= 11 is 3.46. The maximum atomic E-state index is 5.93. The van der Waals surface area contributed by atoms with Crippen LogP contribution in [0.1, 0.15) is 32.3 Å². The van der Waals surface area contributed by atoms with Crippen molar-refractivity contribution in [3.63, 3.8) is 0 Å². The molecule has 0 aromatic heterocycles. The largest absolute Gasteiger partial charge is 0.398 e. The van der Waals surface area contributed by atoms with Crippen LogP contribution in [0.15, 0.2) is 28.7 Å². The number of rotatable bonds is 3. The van der Waals surface area contributed by atoms with Gasteiger partial charge in [-0.1, -0.05) is 35.4 Å². The van der Waals surface area contributed by atoms with Crippen molar-refractivity contribution in [2.75, 3.05) is 5.73 Å². The summed E-state index contributed by atoms with van der Waals surface area (Å²) < 4.78 is 1.08. The molecule has 0 unspecified atom stereocenters. The molecule has 1 aromatic rings. The normalized spacial score (nSPS) is 11.8. The van der Waals surface area contributed by atoms with Gasteiger partial charge in [0, 0.05) is 15.7 Å². The molecular formula is C12H16BrN. The van der Waals surface area contributed by atoms with E-state index < -0.39 is 0 Å². The molecule has 2 heteroatoms. The number of hydrogen-bond acceptors (Lipinski definition) is 1. The number of nitrogens with two attached hydrogens (primary N) is 1. The number of hydrogen-bond donors (Lipinski definition) is 1. The standard InChI is InChI=1S/C12H16BrN/c1-3-5-9(4-2)11-8-10(13)6-7-12(11)14/h4,6-8H,3,5,14H2,1-2H3/b9-4+. The molecule has 14 heavy (non-hydrogen) atoms. The minimum Gasteiger partial charge on any atom is -0.398 e. The summed E-state index contributed by atoms with van der Waals surface area (Å²) in [5.74, 6) is 0. The molecule has 0 aliphatic carbocycles. The predicted octanol–water partition coefficient (Wildman–Crippen LogP) is 4.23. The quantitative estimate of drug-likeness (QED) is 0.802. The molecule has 1 aromatic carbocycles. The fourth-order valence-corrected chi connectivity index (χ4v) is 1.87. The van der Waals surface area contributed by atoms with Crippen molar-refractivity contribution in [2.45, 2.75) is 26.7 Å². The highest BCUT2D eigenvalue weighted by Crippen LogP contribution is 2.28. The highest BCUT2D eigenvalue weighted by atomic mass is 79.9. The van der Waals surface area contributed by atoms with E-state index in [9.17, 15) is 0 Å². The van der Waals surface area contributed by atoms with Gasteiger partial charge in [0.25, 0.3) is 0 Å². The third kappa shape index (κ3) is 2.61. The van der Waals surface area contributed by atoms with Gasteiger partial charge in [0.1, 0.15) is 0 Å². The van der Waals surface area contributed by atoms with Crippen LogP contribution in [0.2, 0.25) is 0 Å². The Kier molecular flexibility index (Phi) is 4.21. The van der Waals surface area contributed by atoms with Crippen LogP contribution in [0.3, 0.4) is 0 Å². The monoisotopic (exact) mass is 253 g/mol. The highest BCUT2D eigenvalue weighted by Gasteiger charge is 2.04. The fourth-order valence-electron chi connectivity index (χ4n) is 1.51. The van der Waals surface area contributed by atoms with Gasteiger partial charge in [0.15, 0.2) is 0 Å². The molecule has 1 rings (SSSR count). The van der Waals surface area contributed by atoms with Crippen LogP contribution in [0, 0.1) is 0 Å². The van der Waals surface area contributed by atoms with Gasteiger partial charge in [0.05, 0.1) is 0 Å². The summed E-state index contributed by atoms with van der Waals surface area (Å²) in [5.41, 5.74) is 9.27. The maximum Gasteiger partial charge on any atom is 0.0391 e. The van der Waals surface area contributed by atoms with Gasteiger partial charge in [0.2, 0.25) is 0 Å². The van der Waals surface area contributed by atoms with E-state index in [0.717, 1.165) is 28.6 Å². The summed E-state index contributed by atoms with van der Waals surface area (Å²) in [6.45, 7) is 4.24. The molecule has 0 atom stereocenters. The van der Waals surface area contributed by atoms with Gasteiger partial charge in [-0.2, -0.15) is 0 Å². The Balaban J connectivity index is 3.09. The molecule has 76 valence electrons. The Bertz CT molecular complexity index is 342. The van der Waals surface area contributed by atoms with Crippen molar-refractivity contribution in [1.29, 1.82) is 0 Å². The minimum atomic E-state index is 0.856. The summed E-state index contributed by atoms with van der Waals surface area (Å²) in [5, 5.41) is 0. The second-order valence-corrected chi connectivity index (χ2v) is 4.21. The molecule has 0 aliphatic rings. The van der Waals surface area contributed by atoms with Crippen molar-refractivity contribution in [1.82, 2.24) is 0 Å². The summed E-state index contributed by atoms with van der Waals surface area (Å²) in [6, 6.07) is 6.00. The lowest BCUT2D eigenvalue weighted by molar-refractivity contribution is 0.972. The van der Waals surface area contributed by atoms with E-state index in [1.807, 2.05) is 12.1 Å². The van der Waals surface area contributed by atoms with Crippen LogP contribution >= 0.6 is 15.9 Å². The molecule has 0 aliphatic heterocycles. The number of benzene rings is 1. The molecular weight excluding hydrogens is 238 g/mol. The maximum absolute atomic E-state index is 5.93. The van der Waals surface area contributed by atoms with Crippen LogP contribution in [0.25, 0.3) is 5.57 Å². The van der Waals surface area contributed by atoms with Crippen LogP contribution in [0.5, 0.6) is 0 Å². The van der Waals surface area contributed by atoms with Gasteiger partial charge in [-0.05, 0) is 37.1 Å². The van der Waals surface area contributed by atoms with Crippen molar-refractivity contribution in [3.05, 3.63) is 34.3 Å². The molecule has 0 heterocycles. The Morgan fingerprint density at radius 3 is 2.79 bits per heavy atom. The SMILES string of the molecule is C/C=C(\CCC)c1cc(Br)ccc1N. The van der Waals surface area contributed by atoms with Crippen molar-refractivity contribution >= 4 is 27.2 Å². The lowest BCUT2D eigenvalue weighted by atomic mass is 10.00. The Morgan fingerprint density at radius 2 is 2.21 bits per heavy atom.